The van der Waals surface area contributed by atoms with E-state index in [0.29, 0.717) is 11.7 Å². The van der Waals surface area contributed by atoms with E-state index in [1.54, 1.807) is 0 Å². The molecule has 0 radical (unpaired) electrons. The zero-order chi connectivity index (χ0) is 23.7. The van der Waals surface area contributed by atoms with Gasteiger partial charge >= 0.3 is 0 Å². The summed E-state index contributed by atoms with van der Waals surface area (Å²) < 4.78 is 12.0. The van der Waals surface area contributed by atoms with Crippen molar-refractivity contribution in [2.24, 2.45) is 0 Å². The molecule has 1 aliphatic heterocycles. The SMILES string of the molecule is CCOc1ccc(-c2ccc([C@H]3[C@@H](c4ccccn4)NC(=S)N3c3ccc(C)c(C)c3)o2)cc1. The molecule has 1 N–H and O–H groups in total. The van der Waals surface area contributed by atoms with Gasteiger partial charge in [-0.2, -0.15) is 0 Å². The number of thiocarbonyl (C=S) groups is 1. The number of furan rings is 1. The molecule has 2 atom stereocenters. The molecule has 4 aromatic rings. The molecule has 2 aromatic carbocycles. The fourth-order valence-electron chi connectivity index (χ4n) is 4.35. The standard InChI is InChI=1S/C28H27N3O2S/c1-4-32-22-12-9-20(10-13-22)24-14-15-25(33-24)27-26(23-7-5-6-16-29-23)30-28(34)31(27)21-11-8-18(2)19(3)17-21/h5-17,26-27H,4H2,1-3H3,(H,30,34)/t26-,27+/m1/s1. The molecule has 6 heteroatoms. The first kappa shape index (κ1) is 22.2. The highest BCUT2D eigenvalue weighted by molar-refractivity contribution is 7.80. The third-order valence-corrected chi connectivity index (χ3v) is 6.55. The average Bonchev–Trinajstić information content (AvgIpc) is 3.47. The minimum Gasteiger partial charge on any atom is -0.494 e. The molecule has 5 nitrogen and oxygen atoms in total. The van der Waals surface area contributed by atoms with Crippen LogP contribution < -0.4 is 15.0 Å². The Balaban J connectivity index is 1.55. The van der Waals surface area contributed by atoms with Gasteiger partial charge in [0, 0.05) is 17.4 Å². The highest BCUT2D eigenvalue weighted by Crippen LogP contribution is 2.43. The molecule has 0 unspecified atom stereocenters. The Morgan fingerprint density at radius 2 is 1.82 bits per heavy atom. The maximum absolute atomic E-state index is 6.45. The van der Waals surface area contributed by atoms with Crippen LogP contribution in [0.1, 0.15) is 41.6 Å². The van der Waals surface area contributed by atoms with Gasteiger partial charge in [-0.1, -0.05) is 12.1 Å². The number of nitrogens with zero attached hydrogens (tertiary/aromatic N) is 2. The summed E-state index contributed by atoms with van der Waals surface area (Å²) in [6.07, 6.45) is 1.81. The van der Waals surface area contributed by atoms with Gasteiger partial charge in [-0.25, -0.2) is 0 Å². The van der Waals surface area contributed by atoms with E-state index in [1.165, 1.54) is 11.1 Å². The second kappa shape index (κ2) is 9.31. The quantitative estimate of drug-likeness (QED) is 0.324. The van der Waals surface area contributed by atoms with Gasteiger partial charge in [0.25, 0.3) is 0 Å². The van der Waals surface area contributed by atoms with E-state index < -0.39 is 0 Å². The lowest BCUT2D eigenvalue weighted by molar-refractivity contribution is 0.340. The van der Waals surface area contributed by atoms with Crippen molar-refractivity contribution in [3.05, 3.63) is 102 Å². The Hall–Kier alpha value is -3.64. The number of ether oxygens (including phenoxy) is 1. The minimum atomic E-state index is -0.180. The number of pyridine rings is 1. The molecular formula is C28H27N3O2S. The van der Waals surface area contributed by atoms with Crippen LogP contribution in [0.25, 0.3) is 11.3 Å². The van der Waals surface area contributed by atoms with Crippen LogP contribution in [0.15, 0.2) is 83.4 Å². The van der Waals surface area contributed by atoms with Crippen molar-refractivity contribution in [1.82, 2.24) is 10.3 Å². The first-order chi connectivity index (χ1) is 16.5. The Morgan fingerprint density at radius 3 is 2.53 bits per heavy atom. The van der Waals surface area contributed by atoms with Gasteiger partial charge in [-0.15, -0.1) is 0 Å². The summed E-state index contributed by atoms with van der Waals surface area (Å²) in [5.74, 6) is 2.47. The summed E-state index contributed by atoms with van der Waals surface area (Å²) in [7, 11) is 0. The summed E-state index contributed by atoms with van der Waals surface area (Å²) in [5, 5.41) is 4.15. The second-order valence-electron chi connectivity index (χ2n) is 8.42. The minimum absolute atomic E-state index is 0.144. The maximum atomic E-state index is 6.45. The molecule has 0 spiro atoms. The molecule has 1 fully saturated rings. The molecule has 3 heterocycles. The van der Waals surface area contributed by atoms with Gasteiger partial charge in [-0.05, 0) is 105 Å². The Kier molecular flexibility index (Phi) is 6.07. The van der Waals surface area contributed by atoms with Crippen molar-refractivity contribution in [1.29, 1.82) is 0 Å². The van der Waals surface area contributed by atoms with E-state index in [4.69, 9.17) is 21.4 Å². The zero-order valence-corrected chi connectivity index (χ0v) is 20.3. The second-order valence-corrected chi connectivity index (χ2v) is 8.81. The van der Waals surface area contributed by atoms with Crippen LogP contribution in [0.2, 0.25) is 0 Å². The number of aromatic nitrogens is 1. The number of hydrogen-bond acceptors (Lipinski definition) is 4. The first-order valence-corrected chi connectivity index (χ1v) is 11.9. The highest BCUT2D eigenvalue weighted by atomic mass is 32.1. The molecular weight excluding hydrogens is 442 g/mol. The van der Waals surface area contributed by atoms with Gasteiger partial charge < -0.3 is 19.4 Å². The summed E-state index contributed by atoms with van der Waals surface area (Å²) in [5.41, 5.74) is 5.41. The van der Waals surface area contributed by atoms with E-state index >= 15 is 0 Å². The monoisotopic (exact) mass is 469 g/mol. The molecule has 0 amide bonds. The van der Waals surface area contributed by atoms with Crippen LogP contribution in [0.3, 0.4) is 0 Å². The van der Waals surface area contributed by atoms with Crippen LogP contribution in [0.4, 0.5) is 5.69 Å². The van der Waals surface area contributed by atoms with Gasteiger partial charge in [-0.3, -0.25) is 4.98 Å². The Morgan fingerprint density at radius 1 is 1.00 bits per heavy atom. The van der Waals surface area contributed by atoms with Crippen LogP contribution >= 0.6 is 12.2 Å². The van der Waals surface area contributed by atoms with E-state index in [-0.39, 0.29) is 12.1 Å². The molecule has 172 valence electrons. The lowest BCUT2D eigenvalue weighted by Crippen LogP contribution is -2.29. The zero-order valence-electron chi connectivity index (χ0n) is 19.5. The maximum Gasteiger partial charge on any atom is 0.174 e. The van der Waals surface area contributed by atoms with Gasteiger partial charge in [0.1, 0.15) is 23.3 Å². The van der Waals surface area contributed by atoms with Crippen molar-refractivity contribution in [3.63, 3.8) is 0 Å². The van der Waals surface area contributed by atoms with Crippen LogP contribution in [-0.4, -0.2) is 16.7 Å². The molecule has 1 saturated heterocycles. The van der Waals surface area contributed by atoms with Crippen LogP contribution in [0.5, 0.6) is 5.75 Å². The number of rotatable bonds is 6. The smallest absolute Gasteiger partial charge is 0.174 e. The average molecular weight is 470 g/mol. The molecule has 0 aliphatic carbocycles. The predicted octanol–water partition coefficient (Wildman–Crippen LogP) is 6.53. The number of aryl methyl sites for hydroxylation is 2. The molecule has 0 saturated carbocycles. The van der Waals surface area contributed by atoms with E-state index in [0.717, 1.165) is 34.2 Å². The summed E-state index contributed by atoms with van der Waals surface area (Å²) in [4.78, 5) is 6.76. The lowest BCUT2D eigenvalue weighted by atomic mass is 10.0. The van der Waals surface area contributed by atoms with Crippen molar-refractivity contribution >= 4 is 23.0 Å². The first-order valence-electron chi connectivity index (χ1n) is 11.5. The fourth-order valence-corrected chi connectivity index (χ4v) is 4.69. The Bertz CT molecular complexity index is 1300. The Labute approximate surface area is 205 Å². The molecule has 1 aliphatic rings. The third-order valence-electron chi connectivity index (χ3n) is 6.23. The van der Waals surface area contributed by atoms with E-state index in [1.807, 2.05) is 67.7 Å². The summed E-state index contributed by atoms with van der Waals surface area (Å²) in [6.45, 7) is 6.85. The fraction of sp³-hybridized carbons (Fsp3) is 0.214. The summed E-state index contributed by atoms with van der Waals surface area (Å²) >= 11 is 5.82. The predicted molar refractivity (Wildman–Crippen MR) is 139 cm³/mol. The van der Waals surface area contributed by atoms with Crippen molar-refractivity contribution in [2.45, 2.75) is 32.9 Å². The van der Waals surface area contributed by atoms with Crippen molar-refractivity contribution in [2.75, 3.05) is 11.5 Å². The number of hydrogen-bond donors (Lipinski definition) is 1. The molecule has 2 aromatic heterocycles. The lowest BCUT2D eigenvalue weighted by Gasteiger charge is -2.26. The van der Waals surface area contributed by atoms with Crippen LogP contribution in [-0.2, 0) is 0 Å². The van der Waals surface area contributed by atoms with Crippen molar-refractivity contribution in [3.8, 4) is 17.1 Å². The number of nitrogens with one attached hydrogen (secondary N) is 1. The van der Waals surface area contributed by atoms with Gasteiger partial charge in [0.2, 0.25) is 0 Å². The van der Waals surface area contributed by atoms with Gasteiger partial charge in [0.05, 0.1) is 18.3 Å². The van der Waals surface area contributed by atoms with Gasteiger partial charge in [0.15, 0.2) is 5.11 Å². The third kappa shape index (κ3) is 4.17. The number of benzene rings is 2. The molecule has 0 bridgehead atoms. The van der Waals surface area contributed by atoms with Crippen LogP contribution in [0, 0.1) is 13.8 Å². The van der Waals surface area contributed by atoms with Crippen molar-refractivity contribution < 1.29 is 9.15 Å². The normalized spacial score (nSPS) is 17.6. The molecule has 5 rings (SSSR count). The number of anilines is 1. The summed E-state index contributed by atoms with van der Waals surface area (Å²) in [6, 6.07) is 24.0. The molecule has 34 heavy (non-hydrogen) atoms. The van der Waals surface area contributed by atoms with E-state index in [9.17, 15) is 0 Å². The highest BCUT2D eigenvalue weighted by Gasteiger charge is 2.42. The topological polar surface area (TPSA) is 50.5 Å². The largest absolute Gasteiger partial charge is 0.494 e. The van der Waals surface area contributed by atoms with E-state index in [2.05, 4.69) is 47.2 Å².